The molecule has 2 aromatic heterocycles. The Balaban J connectivity index is 1.70. The maximum absolute atomic E-state index is 12.3. The van der Waals surface area contributed by atoms with Gasteiger partial charge in [0.05, 0.1) is 17.2 Å². The van der Waals surface area contributed by atoms with Crippen molar-refractivity contribution in [3.05, 3.63) is 64.8 Å². The van der Waals surface area contributed by atoms with Gasteiger partial charge in [0.15, 0.2) is 0 Å². The summed E-state index contributed by atoms with van der Waals surface area (Å²) in [7, 11) is 0. The molecular weight excluding hydrogens is 292 g/mol. The molecule has 1 amide bonds. The average molecular weight is 308 g/mol. The van der Waals surface area contributed by atoms with Crippen molar-refractivity contribution in [3.8, 4) is 0 Å². The number of aromatic nitrogens is 3. The molecule has 6 nitrogen and oxygen atoms in total. The lowest BCUT2D eigenvalue weighted by atomic mass is 10.2. The minimum absolute atomic E-state index is 0.142. The summed E-state index contributed by atoms with van der Waals surface area (Å²) in [6.07, 6.45) is 3.29. The molecule has 116 valence electrons. The van der Waals surface area contributed by atoms with E-state index in [0.29, 0.717) is 16.7 Å². The van der Waals surface area contributed by atoms with Crippen LogP contribution in [0.4, 0.5) is 5.82 Å². The zero-order valence-corrected chi connectivity index (χ0v) is 12.7. The maximum atomic E-state index is 12.3. The molecule has 0 radical (unpaired) electrons. The molecule has 0 bridgehead atoms. The number of amides is 1. The summed E-state index contributed by atoms with van der Waals surface area (Å²) < 4.78 is 1.45. The molecular formula is C17H16N4O2. The number of fused-ring (bicyclic) bond motifs is 1. The molecule has 3 aromatic rings. The minimum atomic E-state index is -0.192. The van der Waals surface area contributed by atoms with Crippen molar-refractivity contribution in [2.45, 2.75) is 19.9 Å². The monoisotopic (exact) mass is 308 g/mol. The van der Waals surface area contributed by atoms with Crippen molar-refractivity contribution in [1.29, 1.82) is 0 Å². The number of aryl methyl sites for hydroxylation is 2. The molecule has 0 saturated heterocycles. The lowest BCUT2D eigenvalue weighted by Crippen LogP contribution is -2.23. The number of pyridine rings is 1. The van der Waals surface area contributed by atoms with Crippen molar-refractivity contribution in [2.75, 3.05) is 5.32 Å². The summed E-state index contributed by atoms with van der Waals surface area (Å²) >= 11 is 0. The van der Waals surface area contributed by atoms with E-state index in [1.165, 1.54) is 10.9 Å². The Labute approximate surface area is 132 Å². The summed E-state index contributed by atoms with van der Waals surface area (Å²) in [5.41, 5.74) is 1.53. The highest BCUT2D eigenvalue weighted by molar-refractivity contribution is 5.89. The SMILES string of the molecule is Cc1ccnc(NC(=O)CCn2cnc3ccccc3c2=O)c1. The third kappa shape index (κ3) is 3.42. The van der Waals surface area contributed by atoms with Crippen molar-refractivity contribution in [3.63, 3.8) is 0 Å². The minimum Gasteiger partial charge on any atom is -0.311 e. The number of benzene rings is 1. The van der Waals surface area contributed by atoms with E-state index in [1.54, 1.807) is 30.5 Å². The number of nitrogens with one attached hydrogen (secondary N) is 1. The largest absolute Gasteiger partial charge is 0.311 e. The lowest BCUT2D eigenvalue weighted by molar-refractivity contribution is -0.116. The van der Waals surface area contributed by atoms with Crippen LogP contribution < -0.4 is 10.9 Å². The van der Waals surface area contributed by atoms with Gasteiger partial charge in [-0.1, -0.05) is 12.1 Å². The molecule has 0 saturated carbocycles. The maximum Gasteiger partial charge on any atom is 0.261 e. The lowest BCUT2D eigenvalue weighted by Gasteiger charge is -2.07. The number of para-hydroxylation sites is 1. The number of anilines is 1. The van der Waals surface area contributed by atoms with Gasteiger partial charge in [-0.05, 0) is 36.8 Å². The van der Waals surface area contributed by atoms with E-state index < -0.39 is 0 Å². The summed E-state index contributed by atoms with van der Waals surface area (Å²) in [5.74, 6) is 0.321. The van der Waals surface area contributed by atoms with Crippen LogP contribution in [0.5, 0.6) is 0 Å². The van der Waals surface area contributed by atoms with Crippen LogP contribution in [0, 0.1) is 6.92 Å². The van der Waals surface area contributed by atoms with Gasteiger partial charge in [0.1, 0.15) is 5.82 Å². The molecule has 2 heterocycles. The number of hydrogen-bond donors (Lipinski definition) is 1. The first-order valence-corrected chi connectivity index (χ1v) is 7.30. The Morgan fingerprint density at radius 3 is 2.87 bits per heavy atom. The van der Waals surface area contributed by atoms with Crippen LogP contribution in [0.2, 0.25) is 0 Å². The van der Waals surface area contributed by atoms with Crippen molar-refractivity contribution < 1.29 is 4.79 Å². The van der Waals surface area contributed by atoms with E-state index in [9.17, 15) is 9.59 Å². The van der Waals surface area contributed by atoms with Crippen LogP contribution in [-0.4, -0.2) is 20.4 Å². The summed E-state index contributed by atoms with van der Waals surface area (Å²) in [6.45, 7) is 2.20. The molecule has 0 fully saturated rings. The smallest absolute Gasteiger partial charge is 0.261 e. The Kier molecular flexibility index (Phi) is 4.14. The van der Waals surface area contributed by atoms with E-state index in [2.05, 4.69) is 15.3 Å². The van der Waals surface area contributed by atoms with Gasteiger partial charge in [0.25, 0.3) is 5.56 Å². The van der Waals surface area contributed by atoms with Crippen LogP contribution in [-0.2, 0) is 11.3 Å². The van der Waals surface area contributed by atoms with Crippen molar-refractivity contribution >= 4 is 22.6 Å². The fourth-order valence-electron chi connectivity index (χ4n) is 2.30. The van der Waals surface area contributed by atoms with E-state index in [0.717, 1.165) is 5.56 Å². The van der Waals surface area contributed by atoms with Gasteiger partial charge in [-0.25, -0.2) is 9.97 Å². The Morgan fingerprint density at radius 1 is 1.22 bits per heavy atom. The summed E-state index contributed by atoms with van der Waals surface area (Å²) in [4.78, 5) is 32.6. The molecule has 1 aromatic carbocycles. The molecule has 23 heavy (non-hydrogen) atoms. The highest BCUT2D eigenvalue weighted by Gasteiger charge is 2.07. The van der Waals surface area contributed by atoms with Crippen LogP contribution in [0.3, 0.4) is 0 Å². The molecule has 1 N–H and O–H groups in total. The normalized spacial score (nSPS) is 10.7. The van der Waals surface area contributed by atoms with Gasteiger partial charge in [-0.3, -0.25) is 14.2 Å². The van der Waals surface area contributed by atoms with E-state index in [-0.39, 0.29) is 24.4 Å². The Morgan fingerprint density at radius 2 is 2.04 bits per heavy atom. The molecule has 0 aliphatic heterocycles. The highest BCUT2D eigenvalue weighted by Crippen LogP contribution is 2.07. The average Bonchev–Trinajstić information content (AvgIpc) is 2.54. The molecule has 0 aliphatic rings. The number of carbonyl (C=O) groups excluding carboxylic acids is 1. The third-order valence-corrected chi connectivity index (χ3v) is 3.49. The van der Waals surface area contributed by atoms with Gasteiger partial charge in [-0.2, -0.15) is 0 Å². The van der Waals surface area contributed by atoms with Crippen LogP contribution in [0.15, 0.2) is 53.7 Å². The number of rotatable bonds is 4. The first-order valence-electron chi connectivity index (χ1n) is 7.30. The van der Waals surface area contributed by atoms with E-state index in [4.69, 9.17) is 0 Å². The van der Waals surface area contributed by atoms with E-state index >= 15 is 0 Å². The second-order valence-electron chi connectivity index (χ2n) is 5.28. The quantitative estimate of drug-likeness (QED) is 0.801. The fraction of sp³-hybridized carbons (Fsp3) is 0.176. The molecule has 0 aliphatic carbocycles. The molecule has 0 unspecified atom stereocenters. The van der Waals surface area contributed by atoms with Crippen LogP contribution in [0.25, 0.3) is 10.9 Å². The number of nitrogens with zero attached hydrogens (tertiary/aromatic N) is 3. The van der Waals surface area contributed by atoms with Gasteiger partial charge in [0, 0.05) is 19.2 Å². The van der Waals surface area contributed by atoms with Crippen LogP contribution >= 0.6 is 0 Å². The second kappa shape index (κ2) is 6.39. The molecule has 0 atom stereocenters. The first-order chi connectivity index (χ1) is 11.1. The Bertz CT molecular complexity index is 918. The fourth-order valence-corrected chi connectivity index (χ4v) is 2.30. The van der Waals surface area contributed by atoms with Gasteiger partial charge in [0.2, 0.25) is 5.91 Å². The second-order valence-corrected chi connectivity index (χ2v) is 5.28. The predicted molar refractivity (Wildman–Crippen MR) is 88.2 cm³/mol. The third-order valence-electron chi connectivity index (χ3n) is 3.49. The van der Waals surface area contributed by atoms with Gasteiger partial charge >= 0.3 is 0 Å². The zero-order chi connectivity index (χ0) is 16.2. The molecule has 0 spiro atoms. The Hall–Kier alpha value is -3.02. The van der Waals surface area contributed by atoms with Crippen molar-refractivity contribution in [2.24, 2.45) is 0 Å². The molecule has 3 rings (SSSR count). The van der Waals surface area contributed by atoms with Gasteiger partial charge < -0.3 is 5.32 Å². The van der Waals surface area contributed by atoms with Crippen LogP contribution in [0.1, 0.15) is 12.0 Å². The van der Waals surface area contributed by atoms with Gasteiger partial charge in [-0.15, -0.1) is 0 Å². The van der Waals surface area contributed by atoms with Crippen molar-refractivity contribution in [1.82, 2.24) is 14.5 Å². The topological polar surface area (TPSA) is 76.9 Å². The predicted octanol–water partition coefficient (Wildman–Crippen LogP) is 2.13. The highest BCUT2D eigenvalue weighted by atomic mass is 16.2. The molecule has 6 heteroatoms. The first kappa shape index (κ1) is 14.9. The number of carbonyl (C=O) groups is 1. The van der Waals surface area contributed by atoms with E-state index in [1.807, 2.05) is 19.1 Å². The zero-order valence-electron chi connectivity index (χ0n) is 12.7. The summed E-state index contributed by atoms with van der Waals surface area (Å²) in [6, 6.07) is 10.8. The standard InChI is InChI=1S/C17H16N4O2/c1-12-6-8-18-15(10-12)20-16(22)7-9-21-11-19-14-5-3-2-4-13(14)17(21)23/h2-6,8,10-11H,7,9H2,1H3,(H,18,20,22). The summed E-state index contributed by atoms with van der Waals surface area (Å²) in [5, 5.41) is 3.28. The number of hydrogen-bond acceptors (Lipinski definition) is 4.